The number of hydrogen-bond donors (Lipinski definition) is 1. The maximum Gasteiger partial charge on any atom is 0 e. The number of aliphatic hydroxyl groups excluding tert-OH is 1. The van der Waals surface area contributed by atoms with Crippen molar-refractivity contribution in [3.8, 4) is 0 Å². The first kappa shape index (κ1) is 24.1. The van der Waals surface area contributed by atoms with E-state index in [4.69, 9.17) is 10.8 Å². The number of aliphatic hydroxyl groups is 1. The second-order valence-electron chi connectivity index (χ2n) is 0.224. The van der Waals surface area contributed by atoms with Crippen LogP contribution in [0.25, 0.3) is 5.73 Å². The van der Waals surface area contributed by atoms with Crippen molar-refractivity contribution in [2.45, 2.75) is 0 Å². The van der Waals surface area contributed by atoms with Crippen LogP contribution in [0.4, 0.5) is 0 Å². The Morgan fingerprint density at radius 3 is 1.57 bits per heavy atom. The van der Waals surface area contributed by atoms with Crippen molar-refractivity contribution >= 4 is 0 Å². The Kier molecular flexibility index (Phi) is 198. The van der Waals surface area contributed by atoms with Crippen molar-refractivity contribution < 1.29 is 44.7 Å². The molecule has 2 nitrogen and oxygen atoms in total. The van der Waals surface area contributed by atoms with Crippen molar-refractivity contribution in [1.29, 1.82) is 0 Å². The second kappa shape index (κ2) is 57.4. The van der Waals surface area contributed by atoms with Gasteiger partial charge in [0.15, 0.2) is 0 Å². The summed E-state index contributed by atoms with van der Waals surface area (Å²) in [6.07, 6.45) is 0. The molecule has 0 rings (SSSR count). The topological polar surface area (TPSA) is 44.0 Å². The zero-order valence-corrected chi connectivity index (χ0v) is 8.55. The summed E-state index contributed by atoms with van der Waals surface area (Å²) in [6.45, 7) is 3.04. The van der Waals surface area contributed by atoms with Gasteiger partial charge in [0.1, 0.15) is 0 Å². The molecule has 0 unspecified atom stereocenters. The van der Waals surface area contributed by atoms with E-state index in [2.05, 4.69) is 6.92 Å². The van der Waals surface area contributed by atoms with Gasteiger partial charge < -0.3 is 17.8 Å². The van der Waals surface area contributed by atoms with E-state index in [0.717, 1.165) is 0 Å². The maximum absolute atomic E-state index is 7.46. The Morgan fingerprint density at radius 1 is 1.57 bits per heavy atom. The van der Waals surface area contributed by atoms with Gasteiger partial charge in [-0.25, -0.2) is 0 Å². The first-order chi connectivity index (χ1) is 2.41. The van der Waals surface area contributed by atoms with Crippen LogP contribution in [-0.4, -0.2) is 18.8 Å². The molecular formula is C3H9NOVW-2. The Bertz CT molecular complexity index is 14.9. The van der Waals surface area contributed by atoms with Gasteiger partial charge in [-0.2, -0.15) is 7.05 Å². The van der Waals surface area contributed by atoms with Gasteiger partial charge in [-0.1, -0.05) is 6.61 Å². The van der Waals surface area contributed by atoms with Crippen molar-refractivity contribution in [2.75, 3.05) is 13.7 Å². The quantitative estimate of drug-likeness (QED) is 0.650. The van der Waals surface area contributed by atoms with Crippen LogP contribution in [0.1, 0.15) is 0 Å². The first-order valence-corrected chi connectivity index (χ1v) is 1.32. The van der Waals surface area contributed by atoms with E-state index >= 15 is 0 Å². The third kappa shape index (κ3) is 136. The molecule has 0 spiro atoms. The molecule has 2 N–H and O–H groups in total. The monoisotopic (exact) mass is 310 g/mol. The van der Waals surface area contributed by atoms with Crippen LogP contribution in [0.2, 0.25) is 0 Å². The summed E-state index contributed by atoms with van der Waals surface area (Å²) < 4.78 is 0. The van der Waals surface area contributed by atoms with Crippen molar-refractivity contribution in [3.05, 3.63) is 12.7 Å². The Morgan fingerprint density at radius 2 is 1.57 bits per heavy atom. The zero-order chi connectivity index (χ0) is 4.71. The zero-order valence-electron chi connectivity index (χ0n) is 4.22. The summed E-state index contributed by atoms with van der Waals surface area (Å²) in [7, 11) is 1.25. The minimum absolute atomic E-state index is 0. The van der Waals surface area contributed by atoms with Crippen LogP contribution < -0.4 is 0 Å². The number of nitrogens with one attached hydrogen (secondary N) is 1. The Balaban J connectivity index is -0.0000000105. The summed E-state index contributed by atoms with van der Waals surface area (Å²) in [5.41, 5.74) is 5.75. The largest absolute Gasteiger partial charge is 0.680 e. The molecule has 0 aromatic heterocycles. The Labute approximate surface area is 71.0 Å². The van der Waals surface area contributed by atoms with Crippen LogP contribution in [0.3, 0.4) is 0 Å². The first-order valence-electron chi connectivity index (χ1n) is 1.32. The van der Waals surface area contributed by atoms with Gasteiger partial charge in [-0.05, 0) is 0 Å². The number of hydrogen-bond acceptors (Lipinski definition) is 1. The van der Waals surface area contributed by atoms with Crippen LogP contribution in [0.5, 0.6) is 0 Å². The molecule has 0 saturated heterocycles. The predicted octanol–water partition coefficient (Wildman–Crippen LogP) is 0.476. The normalized spacial score (nSPS) is 3.43. The Hall–Kier alpha value is 1.19. The summed E-state index contributed by atoms with van der Waals surface area (Å²) in [5, 5.41) is 7.46. The molecule has 0 bridgehead atoms. The summed E-state index contributed by atoms with van der Waals surface area (Å²) in [4.78, 5) is 0. The SMILES string of the molecule is C[NH-].[CH2-]CO.[V].[W]. The fraction of sp³-hybridized carbons (Fsp3) is 0.667. The average Bonchev–Trinajstić information content (AvgIpc) is 1.46. The molecule has 0 amide bonds. The van der Waals surface area contributed by atoms with Gasteiger partial charge >= 0.3 is 0 Å². The van der Waals surface area contributed by atoms with Gasteiger partial charge in [-0.3, -0.25) is 0 Å². The smallest absolute Gasteiger partial charge is 0 e. The van der Waals surface area contributed by atoms with E-state index < -0.39 is 0 Å². The molecule has 0 fully saturated rings. The molecule has 0 atom stereocenters. The molecule has 0 aliphatic heterocycles. The molecule has 0 aromatic carbocycles. The summed E-state index contributed by atoms with van der Waals surface area (Å²) in [6, 6.07) is 0. The van der Waals surface area contributed by atoms with E-state index in [1.807, 2.05) is 0 Å². The van der Waals surface area contributed by atoms with E-state index in [1.54, 1.807) is 0 Å². The van der Waals surface area contributed by atoms with Gasteiger partial charge in [0.25, 0.3) is 0 Å². The standard InChI is InChI=1S/C2H5O.CH4N.V.W/c1-2-3;1-2;;/h3H,1-2H2;2H,1H3;;/q2*-1;;. The molecule has 0 saturated carbocycles. The van der Waals surface area contributed by atoms with E-state index in [0.29, 0.717) is 0 Å². The van der Waals surface area contributed by atoms with Crippen LogP contribution in [0, 0.1) is 6.92 Å². The maximum atomic E-state index is 7.46. The van der Waals surface area contributed by atoms with Crippen molar-refractivity contribution in [3.63, 3.8) is 0 Å². The summed E-state index contributed by atoms with van der Waals surface area (Å²) in [5.74, 6) is 0. The molecule has 0 aliphatic carbocycles. The van der Waals surface area contributed by atoms with Crippen molar-refractivity contribution in [1.82, 2.24) is 0 Å². The molecule has 0 heterocycles. The van der Waals surface area contributed by atoms with Crippen LogP contribution in [0.15, 0.2) is 0 Å². The molecular weight excluding hydrogens is 301 g/mol. The van der Waals surface area contributed by atoms with Crippen molar-refractivity contribution in [2.24, 2.45) is 0 Å². The van der Waals surface area contributed by atoms with E-state index in [9.17, 15) is 0 Å². The molecule has 7 heavy (non-hydrogen) atoms. The van der Waals surface area contributed by atoms with Crippen LogP contribution in [-0.2, 0) is 39.6 Å². The average molecular weight is 310 g/mol. The van der Waals surface area contributed by atoms with Crippen LogP contribution >= 0.6 is 0 Å². The van der Waals surface area contributed by atoms with Gasteiger partial charge in [-0.15, -0.1) is 0 Å². The minimum atomic E-state index is 0. The third-order valence-corrected chi connectivity index (χ3v) is 0. The van der Waals surface area contributed by atoms with E-state index in [-0.39, 0.29) is 46.2 Å². The molecule has 0 aliphatic rings. The molecule has 4 heteroatoms. The third-order valence-electron chi connectivity index (χ3n) is 0. The minimum Gasteiger partial charge on any atom is -0.680 e. The molecule has 45 valence electrons. The van der Waals surface area contributed by atoms with Gasteiger partial charge in [0.2, 0.25) is 0 Å². The fourth-order valence-corrected chi connectivity index (χ4v) is 0. The molecule has 1 radical (unpaired) electrons. The number of rotatable bonds is 0. The summed E-state index contributed by atoms with van der Waals surface area (Å²) >= 11 is 0. The fourth-order valence-electron chi connectivity index (χ4n) is 0. The second-order valence-corrected chi connectivity index (χ2v) is 0.224. The van der Waals surface area contributed by atoms with Gasteiger partial charge in [0.05, 0.1) is 0 Å². The predicted molar refractivity (Wildman–Crippen MR) is 22.7 cm³/mol. The van der Waals surface area contributed by atoms with E-state index in [1.165, 1.54) is 7.05 Å². The van der Waals surface area contributed by atoms with Gasteiger partial charge in [0, 0.05) is 39.6 Å². The molecule has 0 aromatic rings.